The zero-order valence-electron chi connectivity index (χ0n) is 15.4. The molecule has 0 aliphatic rings. The topological polar surface area (TPSA) is 127 Å². The Kier molecular flexibility index (Phi) is 5.52. The molecule has 0 fully saturated rings. The summed E-state index contributed by atoms with van der Waals surface area (Å²) in [6.45, 7) is 5.77. The van der Waals surface area contributed by atoms with Crippen LogP contribution in [0.25, 0.3) is 11.0 Å². The van der Waals surface area contributed by atoms with Gasteiger partial charge in [-0.2, -0.15) is 0 Å². The van der Waals surface area contributed by atoms with E-state index in [-0.39, 0.29) is 4.90 Å². The molecule has 0 atom stereocenters. The second kappa shape index (κ2) is 7.87. The number of amides is 1. The minimum Gasteiger partial charge on any atom is -0.372 e. The number of H-pyrrole nitrogens is 2. The molecule has 28 heavy (non-hydrogen) atoms. The summed E-state index contributed by atoms with van der Waals surface area (Å²) in [6, 6.07) is 11.0. The van der Waals surface area contributed by atoms with Crippen molar-refractivity contribution in [1.82, 2.24) is 20.2 Å². The van der Waals surface area contributed by atoms with Crippen molar-refractivity contribution in [3.63, 3.8) is 0 Å². The smallest absolute Gasteiger partial charge is 0.323 e. The van der Waals surface area contributed by atoms with Gasteiger partial charge in [-0.1, -0.05) is 0 Å². The molecule has 0 radical (unpaired) electrons. The van der Waals surface area contributed by atoms with Crippen LogP contribution in [-0.2, 0) is 10.0 Å². The van der Waals surface area contributed by atoms with Gasteiger partial charge in [0.05, 0.1) is 15.9 Å². The van der Waals surface area contributed by atoms with Gasteiger partial charge in [0.1, 0.15) is 0 Å². The first-order valence-corrected chi connectivity index (χ1v) is 10.2. The number of nitrogens with one attached hydrogen (secondary N) is 4. The highest BCUT2D eigenvalue weighted by atomic mass is 32.2. The van der Waals surface area contributed by atoms with E-state index in [9.17, 15) is 18.0 Å². The van der Waals surface area contributed by atoms with Gasteiger partial charge in [0.15, 0.2) is 0 Å². The molecule has 3 aromatic rings. The number of aromatic amines is 2. The van der Waals surface area contributed by atoms with Crippen molar-refractivity contribution in [2.24, 2.45) is 0 Å². The van der Waals surface area contributed by atoms with Gasteiger partial charge in [-0.25, -0.2) is 13.2 Å². The first kappa shape index (κ1) is 19.6. The van der Waals surface area contributed by atoms with E-state index in [4.69, 9.17) is 0 Å². The number of sulfonamides is 1. The van der Waals surface area contributed by atoms with Gasteiger partial charge in [0.2, 0.25) is 0 Å². The Balaban J connectivity index is 1.71. The Morgan fingerprint density at radius 2 is 1.64 bits per heavy atom. The first-order valence-electron chi connectivity index (χ1n) is 8.73. The molecule has 0 bridgehead atoms. The number of hydrogen-bond acceptors (Lipinski definition) is 5. The van der Waals surface area contributed by atoms with Crippen LogP contribution in [0.15, 0.2) is 52.2 Å². The van der Waals surface area contributed by atoms with Crippen molar-refractivity contribution in [2.75, 3.05) is 18.0 Å². The van der Waals surface area contributed by atoms with Crippen LogP contribution in [0.2, 0.25) is 0 Å². The maximum Gasteiger partial charge on any atom is 0.323 e. The SMILES string of the molecule is CCN(CC)c1ccc(C(=O)NNS(=O)(=O)c2ccc3[nH]c(=O)[nH]c3c2)cc1. The van der Waals surface area contributed by atoms with E-state index in [0.29, 0.717) is 16.6 Å². The van der Waals surface area contributed by atoms with Crippen molar-refractivity contribution < 1.29 is 13.2 Å². The minimum atomic E-state index is -4.00. The Labute approximate surface area is 161 Å². The summed E-state index contributed by atoms with van der Waals surface area (Å²) in [5.74, 6) is -0.578. The Morgan fingerprint density at radius 1 is 1.00 bits per heavy atom. The van der Waals surface area contributed by atoms with Crippen molar-refractivity contribution in [3.05, 3.63) is 58.5 Å². The van der Waals surface area contributed by atoms with Crippen LogP contribution in [0.5, 0.6) is 0 Å². The van der Waals surface area contributed by atoms with Gasteiger partial charge in [0, 0.05) is 24.3 Å². The van der Waals surface area contributed by atoms with E-state index in [1.807, 2.05) is 26.0 Å². The van der Waals surface area contributed by atoms with Gasteiger partial charge < -0.3 is 14.9 Å². The second-order valence-corrected chi connectivity index (χ2v) is 7.75. The lowest BCUT2D eigenvalue weighted by atomic mass is 10.2. The first-order chi connectivity index (χ1) is 13.3. The van der Waals surface area contributed by atoms with Crippen LogP contribution in [0, 0.1) is 0 Å². The highest BCUT2D eigenvalue weighted by Gasteiger charge is 2.17. The largest absolute Gasteiger partial charge is 0.372 e. The summed E-state index contributed by atoms with van der Waals surface area (Å²) >= 11 is 0. The third-order valence-electron chi connectivity index (χ3n) is 4.35. The molecule has 3 rings (SSSR count). The zero-order valence-corrected chi connectivity index (χ0v) is 16.3. The van der Waals surface area contributed by atoms with E-state index in [0.717, 1.165) is 18.8 Å². The van der Waals surface area contributed by atoms with Crippen LogP contribution >= 0.6 is 0 Å². The molecule has 0 aliphatic carbocycles. The van der Waals surface area contributed by atoms with E-state index >= 15 is 0 Å². The zero-order chi connectivity index (χ0) is 20.3. The summed E-state index contributed by atoms with van der Waals surface area (Å²) in [5.41, 5.74) is 3.91. The molecule has 1 aromatic heterocycles. The normalized spacial score (nSPS) is 11.5. The highest BCUT2D eigenvalue weighted by molar-refractivity contribution is 7.89. The molecule has 1 heterocycles. The molecular weight excluding hydrogens is 382 g/mol. The quantitative estimate of drug-likeness (QED) is 0.443. The monoisotopic (exact) mass is 403 g/mol. The van der Waals surface area contributed by atoms with Crippen LogP contribution in [0.1, 0.15) is 24.2 Å². The summed E-state index contributed by atoms with van der Waals surface area (Å²) in [5, 5.41) is 0. The van der Waals surface area contributed by atoms with Gasteiger partial charge >= 0.3 is 5.69 Å². The Hall–Kier alpha value is -3.11. The molecule has 1 amide bonds. The lowest BCUT2D eigenvalue weighted by Crippen LogP contribution is -2.41. The molecule has 10 heteroatoms. The van der Waals surface area contributed by atoms with E-state index in [2.05, 4.69) is 25.1 Å². The van der Waals surface area contributed by atoms with E-state index in [1.54, 1.807) is 12.1 Å². The molecular formula is C18H21N5O4S. The van der Waals surface area contributed by atoms with Crippen molar-refractivity contribution >= 4 is 32.7 Å². The fraction of sp³-hybridized carbons (Fsp3) is 0.222. The average Bonchev–Trinajstić information content (AvgIpc) is 3.07. The Morgan fingerprint density at radius 3 is 2.29 bits per heavy atom. The number of nitrogens with zero attached hydrogens (tertiary/aromatic N) is 1. The highest BCUT2D eigenvalue weighted by Crippen LogP contribution is 2.16. The summed E-state index contributed by atoms with van der Waals surface area (Å²) in [6.07, 6.45) is 0. The summed E-state index contributed by atoms with van der Waals surface area (Å²) < 4.78 is 24.8. The molecule has 0 saturated heterocycles. The number of aromatic nitrogens is 2. The predicted molar refractivity (Wildman–Crippen MR) is 107 cm³/mol. The third kappa shape index (κ3) is 4.07. The number of anilines is 1. The van der Waals surface area contributed by atoms with Gasteiger partial charge in [0.25, 0.3) is 15.9 Å². The average molecular weight is 403 g/mol. The molecule has 9 nitrogen and oxygen atoms in total. The lowest BCUT2D eigenvalue weighted by Gasteiger charge is -2.21. The summed E-state index contributed by atoms with van der Waals surface area (Å²) in [4.78, 5) is 32.7. The second-order valence-electron chi connectivity index (χ2n) is 6.07. The van der Waals surface area contributed by atoms with E-state index < -0.39 is 21.6 Å². The van der Waals surface area contributed by atoms with Crippen LogP contribution < -0.4 is 20.8 Å². The third-order valence-corrected chi connectivity index (χ3v) is 5.60. The van der Waals surface area contributed by atoms with Crippen LogP contribution in [0.4, 0.5) is 5.69 Å². The fourth-order valence-corrected chi connectivity index (χ4v) is 3.70. The number of benzene rings is 2. The molecule has 148 valence electrons. The lowest BCUT2D eigenvalue weighted by molar-refractivity contribution is 0.0945. The van der Waals surface area contributed by atoms with Crippen LogP contribution in [-0.4, -0.2) is 37.4 Å². The summed E-state index contributed by atoms with van der Waals surface area (Å²) in [7, 11) is -4.00. The predicted octanol–water partition coefficient (Wildman–Crippen LogP) is 1.33. The maximum atomic E-state index is 12.4. The fourth-order valence-electron chi connectivity index (χ4n) is 2.84. The number of carbonyl (C=O) groups excluding carboxylic acids is 1. The number of fused-ring (bicyclic) bond motifs is 1. The van der Waals surface area contributed by atoms with Gasteiger partial charge in [-0.05, 0) is 56.3 Å². The van der Waals surface area contributed by atoms with Gasteiger partial charge in [-0.15, -0.1) is 4.83 Å². The molecule has 2 aromatic carbocycles. The number of carbonyl (C=O) groups is 1. The van der Waals surface area contributed by atoms with E-state index in [1.165, 1.54) is 18.2 Å². The number of rotatable bonds is 7. The molecule has 0 spiro atoms. The number of hydrogen-bond donors (Lipinski definition) is 4. The van der Waals surface area contributed by atoms with Crippen molar-refractivity contribution in [1.29, 1.82) is 0 Å². The molecule has 4 N–H and O–H groups in total. The van der Waals surface area contributed by atoms with Crippen molar-refractivity contribution in [2.45, 2.75) is 18.7 Å². The van der Waals surface area contributed by atoms with Crippen LogP contribution in [0.3, 0.4) is 0 Å². The minimum absolute atomic E-state index is 0.0903. The van der Waals surface area contributed by atoms with Gasteiger partial charge in [-0.3, -0.25) is 10.2 Å². The number of imidazole rings is 1. The molecule has 0 unspecified atom stereocenters. The standard InChI is InChI=1S/C18H21N5O4S/c1-3-23(4-2)13-7-5-12(6-8-13)17(24)21-22-28(26,27)14-9-10-15-16(11-14)20-18(25)19-15/h5-11,22H,3-4H2,1-2H3,(H,21,24)(H2,19,20,25). The van der Waals surface area contributed by atoms with Crippen molar-refractivity contribution in [3.8, 4) is 0 Å². The number of hydrazine groups is 1. The molecule has 0 saturated carbocycles. The molecule has 0 aliphatic heterocycles. The maximum absolute atomic E-state index is 12.4. The Bertz CT molecular complexity index is 1140.